The molecule has 1 unspecified atom stereocenters. The molecule has 0 aromatic rings. The molecule has 0 fully saturated rings. The van der Waals surface area contributed by atoms with Crippen molar-refractivity contribution >= 4 is 11.9 Å². The van der Waals surface area contributed by atoms with Crippen LogP contribution in [0.2, 0.25) is 0 Å². The van der Waals surface area contributed by atoms with Crippen molar-refractivity contribution in [2.75, 3.05) is 27.2 Å². The van der Waals surface area contributed by atoms with E-state index in [1.54, 1.807) is 4.90 Å². The average Bonchev–Trinajstić information content (AvgIpc) is 2.01. The van der Waals surface area contributed by atoms with E-state index in [9.17, 15) is 9.59 Å². The van der Waals surface area contributed by atoms with Crippen LogP contribution in [-0.2, 0) is 9.59 Å². The number of likely N-dealkylation sites (N-methyl/N-ethyl adjacent to an activating group) is 2. The summed E-state index contributed by atoms with van der Waals surface area (Å²) >= 11 is 0. The van der Waals surface area contributed by atoms with E-state index in [1.807, 2.05) is 32.8 Å². The lowest BCUT2D eigenvalue weighted by atomic mass is 10.2. The predicted molar refractivity (Wildman–Crippen MR) is 57.7 cm³/mol. The Bertz CT molecular complexity index is 229. The topological polar surface area (TPSA) is 60.9 Å². The highest BCUT2D eigenvalue weighted by Crippen LogP contribution is 2.03. The SMILES string of the molecule is CCN(C(=O)CC(=O)O)C(C)CN(C)C. The van der Waals surface area contributed by atoms with E-state index in [2.05, 4.69) is 0 Å². The van der Waals surface area contributed by atoms with Gasteiger partial charge in [0.2, 0.25) is 5.91 Å². The highest BCUT2D eigenvalue weighted by molar-refractivity contribution is 5.93. The van der Waals surface area contributed by atoms with E-state index in [1.165, 1.54) is 0 Å². The normalized spacial score (nSPS) is 12.6. The van der Waals surface area contributed by atoms with Gasteiger partial charge in [-0.25, -0.2) is 0 Å². The van der Waals surface area contributed by atoms with Crippen LogP contribution in [0.1, 0.15) is 20.3 Å². The van der Waals surface area contributed by atoms with Crippen LogP contribution < -0.4 is 0 Å². The Morgan fingerprint density at radius 3 is 2.20 bits per heavy atom. The minimum absolute atomic E-state index is 0.0387. The first-order chi connectivity index (χ1) is 6.88. The van der Waals surface area contributed by atoms with Crippen LogP contribution in [0.5, 0.6) is 0 Å². The fourth-order valence-corrected chi connectivity index (χ4v) is 1.59. The van der Waals surface area contributed by atoms with Crippen LogP contribution in [0.25, 0.3) is 0 Å². The second-order valence-electron chi connectivity index (χ2n) is 3.86. The van der Waals surface area contributed by atoms with Gasteiger partial charge in [0, 0.05) is 19.1 Å². The molecule has 0 heterocycles. The number of rotatable bonds is 6. The molecule has 88 valence electrons. The number of carboxylic acids is 1. The van der Waals surface area contributed by atoms with Gasteiger partial charge in [0.05, 0.1) is 0 Å². The number of hydrogen-bond acceptors (Lipinski definition) is 3. The molecule has 0 bridgehead atoms. The van der Waals surface area contributed by atoms with Gasteiger partial charge in [0.25, 0.3) is 0 Å². The number of carbonyl (C=O) groups excluding carboxylic acids is 1. The van der Waals surface area contributed by atoms with E-state index in [4.69, 9.17) is 5.11 Å². The first kappa shape index (κ1) is 13.9. The Hall–Kier alpha value is -1.10. The van der Waals surface area contributed by atoms with Crippen molar-refractivity contribution in [1.29, 1.82) is 0 Å². The van der Waals surface area contributed by atoms with Gasteiger partial charge >= 0.3 is 5.97 Å². The fraction of sp³-hybridized carbons (Fsp3) is 0.800. The summed E-state index contributed by atoms with van der Waals surface area (Å²) in [4.78, 5) is 25.5. The van der Waals surface area contributed by atoms with Crippen molar-refractivity contribution in [3.05, 3.63) is 0 Å². The lowest BCUT2D eigenvalue weighted by Gasteiger charge is -2.29. The quantitative estimate of drug-likeness (QED) is 0.647. The minimum Gasteiger partial charge on any atom is -0.481 e. The minimum atomic E-state index is -1.07. The molecule has 0 aromatic heterocycles. The summed E-state index contributed by atoms with van der Waals surface area (Å²) in [5, 5.41) is 8.53. The van der Waals surface area contributed by atoms with Gasteiger partial charge < -0.3 is 14.9 Å². The van der Waals surface area contributed by atoms with Crippen LogP contribution in [0.4, 0.5) is 0 Å². The van der Waals surface area contributed by atoms with Crippen LogP contribution in [-0.4, -0.2) is 60.0 Å². The molecule has 0 aromatic carbocycles. The van der Waals surface area contributed by atoms with Crippen LogP contribution in [0.3, 0.4) is 0 Å². The van der Waals surface area contributed by atoms with E-state index >= 15 is 0 Å². The molecular formula is C10H20N2O3. The van der Waals surface area contributed by atoms with Crippen LogP contribution in [0, 0.1) is 0 Å². The molecule has 1 N–H and O–H groups in total. The molecule has 0 aliphatic rings. The maximum Gasteiger partial charge on any atom is 0.312 e. The first-order valence-corrected chi connectivity index (χ1v) is 5.04. The van der Waals surface area contributed by atoms with Crippen LogP contribution >= 0.6 is 0 Å². The highest BCUT2D eigenvalue weighted by Gasteiger charge is 2.20. The molecule has 0 aliphatic heterocycles. The summed E-state index contributed by atoms with van der Waals surface area (Å²) in [6.45, 7) is 5.05. The molecule has 0 spiro atoms. The Kier molecular flexibility index (Phi) is 5.93. The van der Waals surface area contributed by atoms with Crippen molar-refractivity contribution in [3.8, 4) is 0 Å². The van der Waals surface area contributed by atoms with Crippen molar-refractivity contribution in [2.45, 2.75) is 26.3 Å². The van der Waals surface area contributed by atoms with E-state index < -0.39 is 12.4 Å². The maximum absolute atomic E-state index is 11.5. The zero-order valence-electron chi connectivity index (χ0n) is 9.86. The Balaban J connectivity index is 4.33. The van der Waals surface area contributed by atoms with E-state index in [0.29, 0.717) is 6.54 Å². The standard InChI is InChI=1S/C10H20N2O3/c1-5-12(8(2)7-11(3)4)9(13)6-10(14)15/h8H,5-7H2,1-4H3,(H,14,15). The Morgan fingerprint density at radius 2 is 1.87 bits per heavy atom. The summed E-state index contributed by atoms with van der Waals surface area (Å²) in [7, 11) is 3.85. The number of carboxylic acid groups (broad SMARTS) is 1. The van der Waals surface area contributed by atoms with Gasteiger partial charge in [-0.3, -0.25) is 9.59 Å². The van der Waals surface area contributed by atoms with Gasteiger partial charge in [-0.15, -0.1) is 0 Å². The molecule has 5 heteroatoms. The number of carbonyl (C=O) groups is 2. The second-order valence-corrected chi connectivity index (χ2v) is 3.86. The molecule has 1 atom stereocenters. The summed E-state index contributed by atoms with van der Waals surface area (Å²) in [5.41, 5.74) is 0. The third-order valence-electron chi connectivity index (χ3n) is 2.12. The van der Waals surface area contributed by atoms with Gasteiger partial charge in [-0.05, 0) is 27.9 Å². The highest BCUT2D eigenvalue weighted by atomic mass is 16.4. The molecule has 0 saturated carbocycles. The summed E-state index contributed by atoms with van der Waals surface area (Å²) < 4.78 is 0. The zero-order valence-corrected chi connectivity index (χ0v) is 9.86. The van der Waals surface area contributed by atoms with Crippen molar-refractivity contribution in [1.82, 2.24) is 9.80 Å². The zero-order chi connectivity index (χ0) is 12.0. The Morgan fingerprint density at radius 1 is 1.33 bits per heavy atom. The molecule has 15 heavy (non-hydrogen) atoms. The van der Waals surface area contributed by atoms with Crippen LogP contribution in [0.15, 0.2) is 0 Å². The third-order valence-corrected chi connectivity index (χ3v) is 2.12. The molecule has 1 amide bonds. The molecule has 0 aliphatic carbocycles. The van der Waals surface area contributed by atoms with E-state index in [0.717, 1.165) is 6.54 Å². The predicted octanol–water partition coefficient (Wildman–Crippen LogP) is 0.260. The largest absolute Gasteiger partial charge is 0.481 e. The van der Waals surface area contributed by atoms with Crippen molar-refractivity contribution in [3.63, 3.8) is 0 Å². The first-order valence-electron chi connectivity index (χ1n) is 5.04. The number of nitrogens with zero attached hydrogens (tertiary/aromatic N) is 2. The monoisotopic (exact) mass is 216 g/mol. The maximum atomic E-state index is 11.5. The number of hydrogen-bond donors (Lipinski definition) is 1. The van der Waals surface area contributed by atoms with Gasteiger partial charge in [0.1, 0.15) is 6.42 Å². The number of amides is 1. The lowest BCUT2D eigenvalue weighted by molar-refractivity contribution is -0.145. The van der Waals surface area contributed by atoms with E-state index in [-0.39, 0.29) is 11.9 Å². The molecular weight excluding hydrogens is 196 g/mol. The van der Waals surface area contributed by atoms with Gasteiger partial charge in [-0.1, -0.05) is 0 Å². The van der Waals surface area contributed by atoms with Gasteiger partial charge in [0.15, 0.2) is 0 Å². The molecule has 0 rings (SSSR count). The van der Waals surface area contributed by atoms with Crippen molar-refractivity contribution in [2.24, 2.45) is 0 Å². The molecule has 0 saturated heterocycles. The summed E-state index contributed by atoms with van der Waals surface area (Å²) in [6, 6.07) is 0.0387. The summed E-state index contributed by atoms with van der Waals surface area (Å²) in [5.74, 6) is -1.39. The van der Waals surface area contributed by atoms with Crippen molar-refractivity contribution < 1.29 is 14.7 Å². The fourth-order valence-electron chi connectivity index (χ4n) is 1.59. The third kappa shape index (κ3) is 5.37. The second kappa shape index (κ2) is 6.40. The molecule has 5 nitrogen and oxygen atoms in total. The lowest BCUT2D eigenvalue weighted by Crippen LogP contribution is -2.44. The van der Waals surface area contributed by atoms with Gasteiger partial charge in [-0.2, -0.15) is 0 Å². The smallest absolute Gasteiger partial charge is 0.312 e. The average molecular weight is 216 g/mol. The Labute approximate surface area is 90.7 Å². The number of aliphatic carboxylic acids is 1. The molecule has 0 radical (unpaired) electrons. The summed E-state index contributed by atoms with van der Waals surface area (Å²) in [6.07, 6.45) is -0.425.